The molecular weight excluding hydrogens is 332 g/mol. The number of hydrogen-bond acceptors (Lipinski definition) is 6. The van der Waals surface area contributed by atoms with E-state index in [0.717, 1.165) is 18.2 Å². The summed E-state index contributed by atoms with van der Waals surface area (Å²) in [6, 6.07) is 10.7. The second kappa shape index (κ2) is 8.12. The molecule has 0 fully saturated rings. The van der Waals surface area contributed by atoms with Crippen LogP contribution in [0, 0.1) is 0 Å². The van der Waals surface area contributed by atoms with Crippen LogP contribution in [0.3, 0.4) is 0 Å². The Morgan fingerprint density at radius 1 is 1.21 bits per heavy atom. The van der Waals surface area contributed by atoms with E-state index < -0.39 is 16.2 Å². The number of carbonyl (C=O) groups is 1. The van der Waals surface area contributed by atoms with Gasteiger partial charge in [0.15, 0.2) is 6.10 Å². The number of ether oxygens (including phenoxy) is 1. The normalized spacial score (nSPS) is 12.8. The molecule has 0 N–H and O–H groups in total. The fourth-order valence-electron chi connectivity index (χ4n) is 2.28. The van der Waals surface area contributed by atoms with Crippen LogP contribution in [-0.4, -0.2) is 27.8 Å². The van der Waals surface area contributed by atoms with E-state index in [2.05, 4.69) is 4.74 Å². The van der Waals surface area contributed by atoms with Crippen LogP contribution < -0.4 is 0 Å². The topological polar surface area (TPSA) is 82.8 Å². The third kappa shape index (κ3) is 5.50. The lowest BCUT2D eigenvalue weighted by molar-refractivity contribution is -0.140. The van der Waals surface area contributed by atoms with Gasteiger partial charge in [0, 0.05) is 6.42 Å². The van der Waals surface area contributed by atoms with Gasteiger partial charge in [-0.2, -0.15) is 8.42 Å². The Morgan fingerprint density at radius 2 is 1.92 bits per heavy atom. The first-order valence-electron chi connectivity index (χ1n) is 7.46. The minimum absolute atomic E-state index is 0.231. The van der Waals surface area contributed by atoms with Gasteiger partial charge in [0.25, 0.3) is 10.1 Å². The van der Waals surface area contributed by atoms with Gasteiger partial charge in [-0.1, -0.05) is 24.3 Å². The summed E-state index contributed by atoms with van der Waals surface area (Å²) >= 11 is 0. The molecule has 0 bridgehead atoms. The summed E-state index contributed by atoms with van der Waals surface area (Å²) in [6.45, 7) is 0. The van der Waals surface area contributed by atoms with Gasteiger partial charge in [-0.25, -0.2) is 0 Å². The maximum atomic E-state index is 11.5. The molecule has 2 rings (SSSR count). The van der Waals surface area contributed by atoms with Crippen LogP contribution in [0.1, 0.15) is 35.8 Å². The highest BCUT2D eigenvalue weighted by atomic mass is 32.2. The van der Waals surface area contributed by atoms with Crippen LogP contribution in [0.15, 0.2) is 47.1 Å². The van der Waals surface area contributed by atoms with E-state index in [0.29, 0.717) is 24.2 Å². The first-order chi connectivity index (χ1) is 11.4. The molecule has 0 spiro atoms. The van der Waals surface area contributed by atoms with E-state index in [9.17, 15) is 13.2 Å². The Hall–Kier alpha value is -2.12. The van der Waals surface area contributed by atoms with E-state index >= 15 is 0 Å². The number of aryl methyl sites for hydroxylation is 1. The third-order valence-electron chi connectivity index (χ3n) is 3.43. The molecule has 0 saturated heterocycles. The van der Waals surface area contributed by atoms with Crippen molar-refractivity contribution in [2.75, 3.05) is 13.4 Å². The number of esters is 1. The Kier molecular flexibility index (Phi) is 6.16. The van der Waals surface area contributed by atoms with Gasteiger partial charge in [-0.15, -0.1) is 0 Å². The Balaban J connectivity index is 2.09. The lowest BCUT2D eigenvalue weighted by atomic mass is 10.0. The highest BCUT2D eigenvalue weighted by molar-refractivity contribution is 7.86. The van der Waals surface area contributed by atoms with E-state index in [1.807, 2.05) is 12.1 Å². The summed E-state index contributed by atoms with van der Waals surface area (Å²) in [5.74, 6) is 0.185. The van der Waals surface area contributed by atoms with Crippen molar-refractivity contribution < 1.29 is 26.5 Å². The van der Waals surface area contributed by atoms with Gasteiger partial charge in [-0.3, -0.25) is 8.98 Å². The van der Waals surface area contributed by atoms with Crippen molar-refractivity contribution in [1.29, 1.82) is 0 Å². The predicted molar refractivity (Wildman–Crippen MR) is 87.9 cm³/mol. The average molecular weight is 352 g/mol. The van der Waals surface area contributed by atoms with Gasteiger partial charge < -0.3 is 9.15 Å². The summed E-state index contributed by atoms with van der Waals surface area (Å²) in [7, 11) is -2.28. The summed E-state index contributed by atoms with van der Waals surface area (Å²) in [5.41, 5.74) is 1.72. The Bertz CT molecular complexity index is 747. The maximum Gasteiger partial charge on any atom is 0.305 e. The van der Waals surface area contributed by atoms with E-state index in [1.165, 1.54) is 13.4 Å². The fourth-order valence-corrected chi connectivity index (χ4v) is 2.84. The number of hydrogen-bond donors (Lipinski definition) is 0. The zero-order valence-corrected chi connectivity index (χ0v) is 14.4. The first-order valence-corrected chi connectivity index (χ1v) is 9.28. The first kappa shape index (κ1) is 18.2. The van der Waals surface area contributed by atoms with Crippen molar-refractivity contribution in [3.63, 3.8) is 0 Å². The second-order valence-corrected chi connectivity index (χ2v) is 6.97. The predicted octanol–water partition coefficient (Wildman–Crippen LogP) is 2.84. The molecule has 7 heteroatoms. The number of methoxy groups -OCH3 is 1. The summed E-state index contributed by atoms with van der Waals surface area (Å²) < 4.78 is 38.1. The van der Waals surface area contributed by atoms with Gasteiger partial charge in [0.1, 0.15) is 5.76 Å². The Morgan fingerprint density at radius 3 is 2.46 bits per heavy atom. The van der Waals surface area contributed by atoms with E-state index in [-0.39, 0.29) is 5.97 Å². The molecule has 0 amide bonds. The molecule has 1 aromatic heterocycles. The molecule has 1 heterocycles. The molecule has 6 nitrogen and oxygen atoms in total. The van der Waals surface area contributed by atoms with Crippen molar-refractivity contribution in [1.82, 2.24) is 0 Å². The van der Waals surface area contributed by atoms with Crippen LogP contribution >= 0.6 is 0 Å². The zero-order valence-electron chi connectivity index (χ0n) is 13.6. The lowest BCUT2D eigenvalue weighted by Crippen LogP contribution is -2.11. The van der Waals surface area contributed by atoms with Gasteiger partial charge in [-0.05, 0) is 36.1 Å². The minimum Gasteiger partial charge on any atom is -0.469 e. The maximum absolute atomic E-state index is 11.5. The monoisotopic (exact) mass is 352 g/mol. The molecule has 1 atom stereocenters. The van der Waals surface area contributed by atoms with Crippen LogP contribution in [0.2, 0.25) is 0 Å². The highest BCUT2D eigenvalue weighted by Gasteiger charge is 2.22. The minimum atomic E-state index is -3.65. The van der Waals surface area contributed by atoms with Gasteiger partial charge >= 0.3 is 5.97 Å². The molecule has 130 valence electrons. The number of carbonyl (C=O) groups excluding carboxylic acids is 1. The molecule has 0 radical (unpaired) electrons. The quantitative estimate of drug-likeness (QED) is 0.537. The molecule has 1 unspecified atom stereocenters. The number of rotatable bonds is 8. The molecule has 0 aliphatic heterocycles. The summed E-state index contributed by atoms with van der Waals surface area (Å²) in [4.78, 5) is 11.1. The average Bonchev–Trinajstić information content (AvgIpc) is 3.06. The smallest absolute Gasteiger partial charge is 0.305 e. The second-order valence-electron chi connectivity index (χ2n) is 5.37. The SMILES string of the molecule is COC(=O)CCCc1ccc(C(OS(C)(=O)=O)c2ccco2)cc1. The van der Waals surface area contributed by atoms with Gasteiger partial charge in [0.2, 0.25) is 0 Å². The van der Waals surface area contributed by atoms with Crippen molar-refractivity contribution in [3.05, 3.63) is 59.5 Å². The van der Waals surface area contributed by atoms with E-state index in [4.69, 9.17) is 8.60 Å². The van der Waals surface area contributed by atoms with E-state index in [1.54, 1.807) is 24.3 Å². The van der Waals surface area contributed by atoms with Crippen LogP contribution in [-0.2, 0) is 30.3 Å². The Labute approximate surface area is 141 Å². The molecule has 0 saturated carbocycles. The summed E-state index contributed by atoms with van der Waals surface area (Å²) in [6.07, 6.45) is 3.43. The zero-order chi connectivity index (χ0) is 17.6. The number of furan rings is 1. The number of benzene rings is 1. The largest absolute Gasteiger partial charge is 0.469 e. The molecule has 24 heavy (non-hydrogen) atoms. The fraction of sp³-hybridized carbons (Fsp3) is 0.353. The van der Waals surface area contributed by atoms with Crippen molar-refractivity contribution in [3.8, 4) is 0 Å². The van der Waals surface area contributed by atoms with Gasteiger partial charge in [0.05, 0.1) is 19.6 Å². The lowest BCUT2D eigenvalue weighted by Gasteiger charge is -2.15. The molecule has 2 aromatic rings. The molecule has 1 aromatic carbocycles. The van der Waals surface area contributed by atoms with Crippen molar-refractivity contribution >= 4 is 16.1 Å². The van der Waals surface area contributed by atoms with Crippen LogP contribution in [0.25, 0.3) is 0 Å². The third-order valence-corrected chi connectivity index (χ3v) is 3.97. The van der Waals surface area contributed by atoms with Crippen molar-refractivity contribution in [2.24, 2.45) is 0 Å². The molecular formula is C17H20O6S. The molecule has 0 aliphatic rings. The highest BCUT2D eigenvalue weighted by Crippen LogP contribution is 2.28. The standard InChI is InChI=1S/C17H20O6S/c1-21-16(18)7-3-5-13-8-10-14(11-9-13)17(23-24(2,19)20)15-6-4-12-22-15/h4,6,8-12,17H,3,5,7H2,1-2H3. The van der Waals surface area contributed by atoms with Crippen LogP contribution in [0.4, 0.5) is 0 Å². The molecule has 0 aliphatic carbocycles. The van der Waals surface area contributed by atoms with Crippen LogP contribution in [0.5, 0.6) is 0 Å². The summed E-state index contributed by atoms with van der Waals surface area (Å²) in [5, 5.41) is 0. The van der Waals surface area contributed by atoms with Crippen molar-refractivity contribution in [2.45, 2.75) is 25.4 Å².